The third-order valence-corrected chi connectivity index (χ3v) is 4.35. The molecule has 2 N–H and O–H groups in total. The summed E-state index contributed by atoms with van der Waals surface area (Å²) < 4.78 is 0. The highest BCUT2D eigenvalue weighted by molar-refractivity contribution is 5.99. The van der Waals surface area contributed by atoms with Gasteiger partial charge in [-0.15, -0.1) is 0 Å². The highest BCUT2D eigenvalue weighted by atomic mass is 16.2. The number of fused-ring (bicyclic) bond motifs is 1. The second-order valence-corrected chi connectivity index (χ2v) is 5.88. The average Bonchev–Trinajstić information content (AvgIpc) is 3.31. The lowest BCUT2D eigenvalue weighted by molar-refractivity contribution is -0.122. The Balaban J connectivity index is 1.39. The zero-order chi connectivity index (χ0) is 15.6. The Labute approximate surface area is 134 Å². The number of hydrogen-bond donors (Lipinski definition) is 2. The lowest BCUT2D eigenvalue weighted by Gasteiger charge is -1.99. The number of carbonyl (C=O) groups excluding carboxylic acids is 1. The SMILES string of the molecule is O=C(N/N=C/c1c[nH]c2ccccc12)[C@@H]1C[C@@H]1c1ccccc1. The number of aromatic amines is 1. The number of nitrogens with zero attached hydrogens (tertiary/aromatic N) is 1. The number of benzene rings is 2. The molecule has 4 rings (SSSR count). The van der Waals surface area contributed by atoms with Gasteiger partial charge in [0.2, 0.25) is 5.91 Å². The maximum atomic E-state index is 12.1. The summed E-state index contributed by atoms with van der Waals surface area (Å²) in [5.41, 5.74) is 5.92. The van der Waals surface area contributed by atoms with Crippen molar-refractivity contribution in [2.75, 3.05) is 0 Å². The van der Waals surface area contributed by atoms with Gasteiger partial charge in [0.05, 0.1) is 6.21 Å². The van der Waals surface area contributed by atoms with E-state index in [1.54, 1.807) is 6.21 Å². The molecule has 0 saturated heterocycles. The van der Waals surface area contributed by atoms with Crippen LogP contribution in [0.2, 0.25) is 0 Å². The van der Waals surface area contributed by atoms with Gasteiger partial charge >= 0.3 is 0 Å². The molecule has 1 aromatic heterocycles. The van der Waals surface area contributed by atoms with Crippen molar-refractivity contribution in [3.63, 3.8) is 0 Å². The predicted octanol–water partition coefficient (Wildman–Crippen LogP) is 3.42. The lowest BCUT2D eigenvalue weighted by atomic mass is 10.1. The molecule has 0 aliphatic heterocycles. The van der Waals surface area contributed by atoms with Crippen LogP contribution in [0, 0.1) is 5.92 Å². The van der Waals surface area contributed by atoms with Gasteiger partial charge in [-0.05, 0) is 24.0 Å². The Morgan fingerprint density at radius 3 is 2.78 bits per heavy atom. The van der Waals surface area contributed by atoms with E-state index in [-0.39, 0.29) is 11.8 Å². The molecule has 0 spiro atoms. The average molecular weight is 303 g/mol. The van der Waals surface area contributed by atoms with E-state index in [1.807, 2.05) is 48.7 Å². The van der Waals surface area contributed by atoms with Crippen molar-refractivity contribution in [2.24, 2.45) is 11.0 Å². The standard InChI is InChI=1S/C19H17N3O/c23-19(17-10-16(17)13-6-2-1-3-7-13)22-21-12-14-11-20-18-9-5-4-8-15(14)18/h1-9,11-12,16-17,20H,10H2,(H,22,23)/b21-12+/t16-,17-/m1/s1. The third-order valence-electron chi connectivity index (χ3n) is 4.35. The molecule has 4 heteroatoms. The smallest absolute Gasteiger partial charge is 0.243 e. The topological polar surface area (TPSA) is 57.2 Å². The largest absolute Gasteiger partial charge is 0.361 e. The normalized spacial score (nSPS) is 20.0. The van der Waals surface area contributed by atoms with Crippen LogP contribution in [0.1, 0.15) is 23.5 Å². The molecule has 1 aliphatic rings. The van der Waals surface area contributed by atoms with E-state index in [9.17, 15) is 4.79 Å². The van der Waals surface area contributed by atoms with E-state index in [0.717, 1.165) is 22.9 Å². The van der Waals surface area contributed by atoms with E-state index >= 15 is 0 Å². The van der Waals surface area contributed by atoms with Crippen LogP contribution in [0.4, 0.5) is 0 Å². The Kier molecular flexibility index (Phi) is 3.42. The van der Waals surface area contributed by atoms with Gasteiger partial charge in [-0.25, -0.2) is 5.43 Å². The summed E-state index contributed by atoms with van der Waals surface area (Å²) in [6.45, 7) is 0. The minimum absolute atomic E-state index is 0.00468. The molecule has 2 aromatic carbocycles. The number of hydrazone groups is 1. The van der Waals surface area contributed by atoms with Gasteiger partial charge in [0.1, 0.15) is 0 Å². The predicted molar refractivity (Wildman–Crippen MR) is 91.3 cm³/mol. The lowest BCUT2D eigenvalue weighted by Crippen LogP contribution is -2.20. The fourth-order valence-electron chi connectivity index (χ4n) is 3.00. The van der Waals surface area contributed by atoms with Gasteiger partial charge in [-0.2, -0.15) is 5.10 Å². The summed E-state index contributed by atoms with van der Waals surface area (Å²) in [6.07, 6.45) is 4.49. The first kappa shape index (κ1) is 13.8. The van der Waals surface area contributed by atoms with Crippen molar-refractivity contribution in [3.05, 3.63) is 71.9 Å². The Bertz CT molecular complexity index is 866. The highest BCUT2D eigenvalue weighted by Gasteiger charge is 2.43. The van der Waals surface area contributed by atoms with Crippen molar-refractivity contribution in [1.29, 1.82) is 0 Å². The Hall–Kier alpha value is -2.88. The number of nitrogens with one attached hydrogen (secondary N) is 2. The minimum atomic E-state index is -0.00468. The summed E-state index contributed by atoms with van der Waals surface area (Å²) in [5.74, 6) is 0.368. The number of aromatic nitrogens is 1. The number of amides is 1. The molecule has 0 unspecified atom stereocenters. The van der Waals surface area contributed by atoms with Gasteiger partial charge in [0, 0.05) is 28.6 Å². The van der Waals surface area contributed by atoms with Crippen molar-refractivity contribution in [3.8, 4) is 0 Å². The van der Waals surface area contributed by atoms with Crippen LogP contribution in [-0.4, -0.2) is 17.1 Å². The van der Waals surface area contributed by atoms with Crippen molar-refractivity contribution in [2.45, 2.75) is 12.3 Å². The maximum Gasteiger partial charge on any atom is 0.243 e. The molecule has 0 radical (unpaired) electrons. The molecule has 23 heavy (non-hydrogen) atoms. The Morgan fingerprint density at radius 1 is 1.13 bits per heavy atom. The summed E-state index contributed by atoms with van der Waals surface area (Å²) in [4.78, 5) is 15.3. The molecule has 0 bridgehead atoms. The zero-order valence-electron chi connectivity index (χ0n) is 12.6. The monoisotopic (exact) mass is 303 g/mol. The molecule has 114 valence electrons. The van der Waals surface area contributed by atoms with Crippen LogP contribution >= 0.6 is 0 Å². The van der Waals surface area contributed by atoms with Crippen LogP contribution in [0.15, 0.2) is 65.9 Å². The number of H-pyrrole nitrogens is 1. The molecule has 1 fully saturated rings. The molecule has 1 heterocycles. The Morgan fingerprint density at radius 2 is 1.91 bits per heavy atom. The number of hydrogen-bond acceptors (Lipinski definition) is 2. The molecule has 2 atom stereocenters. The van der Waals surface area contributed by atoms with Crippen LogP contribution in [0.5, 0.6) is 0 Å². The quantitative estimate of drug-likeness (QED) is 0.563. The minimum Gasteiger partial charge on any atom is -0.361 e. The summed E-state index contributed by atoms with van der Waals surface area (Å²) >= 11 is 0. The fraction of sp³-hybridized carbons (Fsp3) is 0.158. The maximum absolute atomic E-state index is 12.1. The molecule has 1 amide bonds. The first-order chi connectivity index (χ1) is 11.3. The van der Waals surface area contributed by atoms with Crippen LogP contribution in [-0.2, 0) is 4.79 Å². The van der Waals surface area contributed by atoms with E-state index in [1.165, 1.54) is 5.56 Å². The summed E-state index contributed by atoms with van der Waals surface area (Å²) in [5, 5.41) is 5.21. The van der Waals surface area contributed by atoms with Gasteiger partial charge in [-0.3, -0.25) is 4.79 Å². The van der Waals surface area contributed by atoms with E-state index < -0.39 is 0 Å². The van der Waals surface area contributed by atoms with Crippen LogP contribution < -0.4 is 5.43 Å². The first-order valence-corrected chi connectivity index (χ1v) is 7.77. The second kappa shape index (κ2) is 5.72. The number of para-hydroxylation sites is 1. The highest BCUT2D eigenvalue weighted by Crippen LogP contribution is 2.47. The second-order valence-electron chi connectivity index (χ2n) is 5.88. The van der Waals surface area contributed by atoms with E-state index in [4.69, 9.17) is 0 Å². The fourth-order valence-corrected chi connectivity index (χ4v) is 3.00. The molecular weight excluding hydrogens is 286 g/mol. The van der Waals surface area contributed by atoms with Gasteiger partial charge < -0.3 is 4.98 Å². The van der Waals surface area contributed by atoms with Gasteiger partial charge in [-0.1, -0.05) is 48.5 Å². The van der Waals surface area contributed by atoms with Gasteiger partial charge in [0.15, 0.2) is 0 Å². The van der Waals surface area contributed by atoms with Crippen LogP contribution in [0.3, 0.4) is 0 Å². The van der Waals surface area contributed by atoms with Crippen LogP contribution in [0.25, 0.3) is 10.9 Å². The molecule has 1 saturated carbocycles. The summed E-state index contributed by atoms with van der Waals surface area (Å²) in [7, 11) is 0. The molecule has 4 nitrogen and oxygen atoms in total. The van der Waals surface area contributed by atoms with Crippen molar-refractivity contribution >= 4 is 23.0 Å². The zero-order valence-corrected chi connectivity index (χ0v) is 12.6. The first-order valence-electron chi connectivity index (χ1n) is 7.77. The molecular formula is C19H17N3O. The van der Waals surface area contributed by atoms with Crippen molar-refractivity contribution < 1.29 is 4.79 Å². The van der Waals surface area contributed by atoms with Gasteiger partial charge in [0.25, 0.3) is 0 Å². The van der Waals surface area contributed by atoms with Crippen molar-refractivity contribution in [1.82, 2.24) is 10.4 Å². The van der Waals surface area contributed by atoms with E-state index in [2.05, 4.69) is 27.6 Å². The number of rotatable bonds is 4. The molecule has 3 aromatic rings. The van der Waals surface area contributed by atoms with E-state index in [0.29, 0.717) is 5.92 Å². The summed E-state index contributed by atoms with van der Waals surface area (Å²) in [6, 6.07) is 18.2. The molecule has 1 aliphatic carbocycles. The third kappa shape index (κ3) is 2.75. The number of carbonyl (C=O) groups is 1.